The first kappa shape index (κ1) is 11.1. The van der Waals surface area contributed by atoms with Crippen LogP contribution in [0.2, 0.25) is 0 Å². The fourth-order valence-corrected chi connectivity index (χ4v) is 1.62. The van der Waals surface area contributed by atoms with Crippen molar-refractivity contribution < 1.29 is 0 Å². The first-order chi connectivity index (χ1) is 6.63. The Morgan fingerprint density at radius 2 is 1.93 bits per heavy atom. The summed E-state index contributed by atoms with van der Waals surface area (Å²) in [5, 5.41) is 3.51. The molecule has 0 aromatic heterocycles. The van der Waals surface area contributed by atoms with Crippen LogP contribution >= 0.6 is 0 Å². The number of benzene rings is 1. The van der Waals surface area contributed by atoms with Crippen LogP contribution in [0.5, 0.6) is 0 Å². The Bertz CT molecular complexity index is 291. The van der Waals surface area contributed by atoms with Gasteiger partial charge in [-0.05, 0) is 50.5 Å². The zero-order valence-electron chi connectivity index (χ0n) is 9.72. The van der Waals surface area contributed by atoms with E-state index < -0.39 is 0 Å². The van der Waals surface area contributed by atoms with E-state index in [0.29, 0.717) is 6.04 Å². The molecule has 1 aromatic carbocycles. The number of hydrogen-bond donors (Lipinski definition) is 1. The van der Waals surface area contributed by atoms with Crippen molar-refractivity contribution in [2.45, 2.75) is 46.6 Å². The first-order valence-electron chi connectivity index (χ1n) is 5.47. The summed E-state index contributed by atoms with van der Waals surface area (Å²) in [6, 6.07) is 7.13. The summed E-state index contributed by atoms with van der Waals surface area (Å²) in [5.41, 5.74) is 3.96. The van der Waals surface area contributed by atoms with Gasteiger partial charge in [0.1, 0.15) is 0 Å². The highest BCUT2D eigenvalue weighted by atomic mass is 14.9. The third-order valence-corrected chi connectivity index (χ3v) is 2.64. The molecular weight excluding hydrogens is 170 g/mol. The molecule has 0 aliphatic rings. The molecule has 0 heterocycles. The van der Waals surface area contributed by atoms with Crippen molar-refractivity contribution in [3.8, 4) is 0 Å². The average Bonchev–Trinajstić information content (AvgIpc) is 2.12. The number of hydrogen-bond acceptors (Lipinski definition) is 1. The van der Waals surface area contributed by atoms with Crippen LogP contribution in [0.15, 0.2) is 18.2 Å². The molecule has 78 valence electrons. The molecule has 1 N–H and O–H groups in total. The highest BCUT2D eigenvalue weighted by molar-refractivity contribution is 5.48. The van der Waals surface area contributed by atoms with E-state index in [9.17, 15) is 0 Å². The fraction of sp³-hybridized carbons (Fsp3) is 0.538. The molecule has 0 saturated heterocycles. The molecular formula is C13H21N. The molecule has 0 spiro atoms. The number of aryl methyl sites for hydroxylation is 2. The van der Waals surface area contributed by atoms with Crippen LogP contribution in [-0.4, -0.2) is 6.04 Å². The summed E-state index contributed by atoms with van der Waals surface area (Å²) >= 11 is 0. The Kier molecular flexibility index (Phi) is 3.99. The standard InChI is InChI=1S/C13H21N/c1-5-6-12(4)14-13-8-7-10(2)11(3)9-13/h7-9,12,14H,5-6H2,1-4H3. The van der Waals surface area contributed by atoms with Gasteiger partial charge in [0, 0.05) is 11.7 Å². The second kappa shape index (κ2) is 5.04. The van der Waals surface area contributed by atoms with Gasteiger partial charge >= 0.3 is 0 Å². The number of anilines is 1. The summed E-state index contributed by atoms with van der Waals surface area (Å²) < 4.78 is 0. The predicted octanol–water partition coefficient (Wildman–Crippen LogP) is 3.90. The Labute approximate surface area is 87.5 Å². The largest absolute Gasteiger partial charge is 0.383 e. The quantitative estimate of drug-likeness (QED) is 0.761. The predicted molar refractivity (Wildman–Crippen MR) is 63.9 cm³/mol. The second-order valence-electron chi connectivity index (χ2n) is 4.13. The summed E-state index contributed by atoms with van der Waals surface area (Å²) in [7, 11) is 0. The molecule has 1 nitrogen and oxygen atoms in total. The molecule has 0 bridgehead atoms. The van der Waals surface area contributed by atoms with Gasteiger partial charge in [-0.3, -0.25) is 0 Å². The van der Waals surface area contributed by atoms with Crippen LogP contribution in [-0.2, 0) is 0 Å². The van der Waals surface area contributed by atoms with Crippen molar-refractivity contribution in [3.05, 3.63) is 29.3 Å². The fourth-order valence-electron chi connectivity index (χ4n) is 1.62. The summed E-state index contributed by atoms with van der Waals surface area (Å²) in [4.78, 5) is 0. The summed E-state index contributed by atoms with van der Waals surface area (Å²) in [5.74, 6) is 0. The van der Waals surface area contributed by atoms with E-state index in [2.05, 4.69) is 51.2 Å². The van der Waals surface area contributed by atoms with E-state index in [1.54, 1.807) is 0 Å². The second-order valence-corrected chi connectivity index (χ2v) is 4.13. The lowest BCUT2D eigenvalue weighted by molar-refractivity contribution is 0.690. The van der Waals surface area contributed by atoms with E-state index in [4.69, 9.17) is 0 Å². The van der Waals surface area contributed by atoms with Crippen LogP contribution in [0, 0.1) is 13.8 Å². The molecule has 0 radical (unpaired) electrons. The van der Waals surface area contributed by atoms with Gasteiger partial charge in [-0.25, -0.2) is 0 Å². The van der Waals surface area contributed by atoms with E-state index >= 15 is 0 Å². The maximum absolute atomic E-state index is 3.51. The smallest absolute Gasteiger partial charge is 0.0345 e. The number of nitrogens with one attached hydrogen (secondary N) is 1. The van der Waals surface area contributed by atoms with Crippen molar-refractivity contribution in [3.63, 3.8) is 0 Å². The molecule has 0 aliphatic heterocycles. The molecule has 1 atom stereocenters. The van der Waals surface area contributed by atoms with Crippen molar-refractivity contribution in [2.24, 2.45) is 0 Å². The first-order valence-corrected chi connectivity index (χ1v) is 5.47. The third kappa shape index (κ3) is 3.06. The molecule has 0 aliphatic carbocycles. The maximum atomic E-state index is 3.51. The van der Waals surface area contributed by atoms with Crippen molar-refractivity contribution in [1.29, 1.82) is 0 Å². The Balaban J connectivity index is 2.63. The van der Waals surface area contributed by atoms with E-state index in [0.717, 1.165) is 0 Å². The highest BCUT2D eigenvalue weighted by Gasteiger charge is 2.01. The van der Waals surface area contributed by atoms with E-state index in [1.165, 1.54) is 29.7 Å². The van der Waals surface area contributed by atoms with Gasteiger partial charge in [-0.1, -0.05) is 19.4 Å². The van der Waals surface area contributed by atoms with Gasteiger partial charge in [-0.15, -0.1) is 0 Å². The minimum atomic E-state index is 0.571. The van der Waals surface area contributed by atoms with Crippen LogP contribution in [0.25, 0.3) is 0 Å². The van der Waals surface area contributed by atoms with Crippen LogP contribution < -0.4 is 5.32 Å². The molecule has 0 saturated carbocycles. The molecule has 0 amide bonds. The van der Waals surface area contributed by atoms with Crippen molar-refractivity contribution >= 4 is 5.69 Å². The molecule has 14 heavy (non-hydrogen) atoms. The normalized spacial score (nSPS) is 12.6. The maximum Gasteiger partial charge on any atom is 0.0345 e. The average molecular weight is 191 g/mol. The molecule has 1 rings (SSSR count). The van der Waals surface area contributed by atoms with Crippen molar-refractivity contribution in [2.75, 3.05) is 5.32 Å². The third-order valence-electron chi connectivity index (χ3n) is 2.64. The van der Waals surface area contributed by atoms with Crippen LogP contribution in [0.4, 0.5) is 5.69 Å². The lowest BCUT2D eigenvalue weighted by Gasteiger charge is -2.15. The van der Waals surface area contributed by atoms with E-state index in [-0.39, 0.29) is 0 Å². The monoisotopic (exact) mass is 191 g/mol. The zero-order chi connectivity index (χ0) is 10.6. The Hall–Kier alpha value is -0.980. The zero-order valence-corrected chi connectivity index (χ0v) is 9.72. The lowest BCUT2D eigenvalue weighted by Crippen LogP contribution is -2.14. The highest BCUT2D eigenvalue weighted by Crippen LogP contribution is 2.15. The number of rotatable bonds is 4. The van der Waals surface area contributed by atoms with Gasteiger partial charge < -0.3 is 5.32 Å². The van der Waals surface area contributed by atoms with Gasteiger partial charge in [-0.2, -0.15) is 0 Å². The molecule has 1 heteroatoms. The van der Waals surface area contributed by atoms with Gasteiger partial charge in [0.25, 0.3) is 0 Å². The SMILES string of the molecule is CCCC(C)Nc1ccc(C)c(C)c1. The van der Waals surface area contributed by atoms with Crippen LogP contribution in [0.1, 0.15) is 37.8 Å². The minimum Gasteiger partial charge on any atom is -0.383 e. The molecule has 1 unspecified atom stereocenters. The van der Waals surface area contributed by atoms with Gasteiger partial charge in [0.15, 0.2) is 0 Å². The molecule has 0 fully saturated rings. The van der Waals surface area contributed by atoms with Crippen LogP contribution in [0.3, 0.4) is 0 Å². The summed E-state index contributed by atoms with van der Waals surface area (Å²) in [6.45, 7) is 8.76. The van der Waals surface area contributed by atoms with E-state index in [1.807, 2.05) is 0 Å². The Morgan fingerprint density at radius 3 is 2.50 bits per heavy atom. The Morgan fingerprint density at radius 1 is 1.21 bits per heavy atom. The van der Waals surface area contributed by atoms with Crippen molar-refractivity contribution in [1.82, 2.24) is 0 Å². The lowest BCUT2D eigenvalue weighted by atomic mass is 10.1. The minimum absolute atomic E-state index is 0.571. The van der Waals surface area contributed by atoms with Gasteiger partial charge in [0.05, 0.1) is 0 Å². The van der Waals surface area contributed by atoms with Gasteiger partial charge in [0.2, 0.25) is 0 Å². The molecule has 1 aromatic rings. The summed E-state index contributed by atoms with van der Waals surface area (Å²) in [6.07, 6.45) is 2.46. The topological polar surface area (TPSA) is 12.0 Å².